The third-order valence-corrected chi connectivity index (χ3v) is 4.24. The van der Waals surface area contributed by atoms with Gasteiger partial charge in [-0.15, -0.1) is 0 Å². The normalized spacial score (nSPS) is 10.5. The van der Waals surface area contributed by atoms with E-state index in [1.807, 2.05) is 0 Å². The lowest BCUT2D eigenvalue weighted by Crippen LogP contribution is -2.12. The molecular formula is C18H14Cl2N2O4. The smallest absolute Gasteiger partial charge is 0.277 e. The first-order valence-electron chi connectivity index (χ1n) is 7.48. The number of carbonyl (C=O) groups is 1. The Morgan fingerprint density at radius 2 is 1.73 bits per heavy atom. The van der Waals surface area contributed by atoms with Crippen molar-refractivity contribution in [1.29, 1.82) is 0 Å². The number of methoxy groups -OCH3 is 2. The molecule has 3 aromatic rings. The molecule has 3 rings (SSSR count). The van der Waals surface area contributed by atoms with E-state index in [1.165, 1.54) is 13.2 Å². The first-order valence-corrected chi connectivity index (χ1v) is 8.23. The summed E-state index contributed by atoms with van der Waals surface area (Å²) in [5, 5.41) is 7.09. The van der Waals surface area contributed by atoms with Crippen LogP contribution in [-0.2, 0) is 0 Å². The Morgan fingerprint density at radius 1 is 1.04 bits per heavy atom. The average Bonchev–Trinajstić information content (AvgIpc) is 3.14. The summed E-state index contributed by atoms with van der Waals surface area (Å²) in [6, 6.07) is 11.7. The molecule has 26 heavy (non-hydrogen) atoms. The lowest BCUT2D eigenvalue weighted by atomic mass is 10.1. The predicted octanol–water partition coefficient (Wildman–Crippen LogP) is 4.92. The Kier molecular flexibility index (Phi) is 5.35. The van der Waals surface area contributed by atoms with E-state index < -0.39 is 5.91 Å². The van der Waals surface area contributed by atoms with Crippen LogP contribution in [0.1, 0.15) is 10.5 Å². The maximum absolute atomic E-state index is 12.4. The molecule has 1 N–H and O–H groups in total. The molecule has 2 aromatic carbocycles. The zero-order chi connectivity index (χ0) is 18.7. The van der Waals surface area contributed by atoms with Gasteiger partial charge in [-0.2, -0.15) is 0 Å². The van der Waals surface area contributed by atoms with Gasteiger partial charge in [-0.25, -0.2) is 0 Å². The number of nitrogens with one attached hydrogen (secondary N) is 1. The van der Waals surface area contributed by atoms with E-state index in [-0.39, 0.29) is 5.69 Å². The number of benzene rings is 2. The third-order valence-electron chi connectivity index (χ3n) is 3.61. The molecule has 0 aliphatic carbocycles. The van der Waals surface area contributed by atoms with Gasteiger partial charge in [-0.05, 0) is 30.3 Å². The SMILES string of the molecule is COc1ccc(-c2cc(C(=O)Nc3c(Cl)cccc3Cl)no2)cc1OC. The number of aromatic nitrogens is 1. The van der Waals surface area contributed by atoms with E-state index in [2.05, 4.69) is 10.5 Å². The van der Waals surface area contributed by atoms with Gasteiger partial charge < -0.3 is 19.3 Å². The van der Waals surface area contributed by atoms with Gasteiger partial charge >= 0.3 is 0 Å². The summed E-state index contributed by atoms with van der Waals surface area (Å²) < 4.78 is 15.7. The van der Waals surface area contributed by atoms with Gasteiger partial charge in [-0.3, -0.25) is 4.79 Å². The van der Waals surface area contributed by atoms with E-state index in [4.69, 9.17) is 37.2 Å². The molecule has 0 saturated heterocycles. The third kappa shape index (κ3) is 3.61. The van der Waals surface area contributed by atoms with Crippen LogP contribution < -0.4 is 14.8 Å². The molecule has 1 aromatic heterocycles. The minimum absolute atomic E-state index is 0.0887. The Labute approximate surface area is 159 Å². The molecule has 0 spiro atoms. The zero-order valence-corrected chi connectivity index (χ0v) is 15.4. The summed E-state index contributed by atoms with van der Waals surface area (Å²) in [4.78, 5) is 12.4. The quantitative estimate of drug-likeness (QED) is 0.666. The first-order chi connectivity index (χ1) is 12.5. The van der Waals surface area contributed by atoms with Crippen LogP contribution in [0.15, 0.2) is 47.0 Å². The fourth-order valence-electron chi connectivity index (χ4n) is 2.30. The maximum Gasteiger partial charge on any atom is 0.277 e. The van der Waals surface area contributed by atoms with Gasteiger partial charge in [0.05, 0.1) is 30.0 Å². The number of hydrogen-bond acceptors (Lipinski definition) is 5. The van der Waals surface area contributed by atoms with Crippen LogP contribution in [0.5, 0.6) is 11.5 Å². The van der Waals surface area contributed by atoms with Gasteiger partial charge in [0.15, 0.2) is 23.0 Å². The van der Waals surface area contributed by atoms with Crippen LogP contribution in [0.25, 0.3) is 11.3 Å². The molecule has 0 aliphatic rings. The van der Waals surface area contributed by atoms with Crippen molar-refractivity contribution in [2.45, 2.75) is 0 Å². The zero-order valence-electron chi connectivity index (χ0n) is 13.9. The van der Waals surface area contributed by atoms with Crippen LogP contribution in [0.2, 0.25) is 10.0 Å². The molecule has 8 heteroatoms. The molecule has 1 heterocycles. The molecule has 134 valence electrons. The second-order valence-electron chi connectivity index (χ2n) is 5.20. The first kappa shape index (κ1) is 18.1. The molecule has 1 amide bonds. The van der Waals surface area contributed by atoms with E-state index in [1.54, 1.807) is 43.5 Å². The highest BCUT2D eigenvalue weighted by molar-refractivity contribution is 6.40. The molecule has 0 fully saturated rings. The second-order valence-corrected chi connectivity index (χ2v) is 6.01. The van der Waals surface area contributed by atoms with Crippen molar-refractivity contribution in [1.82, 2.24) is 5.16 Å². The standard InChI is InChI=1S/C18H14Cl2N2O4/c1-24-14-7-6-10(8-16(14)25-2)15-9-13(22-26-15)18(23)21-17-11(19)4-3-5-12(17)20/h3-9H,1-2H3,(H,21,23). The lowest BCUT2D eigenvalue weighted by molar-refractivity contribution is 0.101. The summed E-state index contributed by atoms with van der Waals surface area (Å²) in [6.45, 7) is 0. The fraction of sp³-hybridized carbons (Fsp3) is 0.111. The highest BCUT2D eigenvalue weighted by Gasteiger charge is 2.17. The number of hydrogen-bond donors (Lipinski definition) is 1. The monoisotopic (exact) mass is 392 g/mol. The van der Waals surface area contributed by atoms with E-state index in [9.17, 15) is 4.79 Å². The topological polar surface area (TPSA) is 73.6 Å². The Balaban J connectivity index is 1.85. The maximum atomic E-state index is 12.4. The largest absolute Gasteiger partial charge is 0.493 e. The van der Waals surface area contributed by atoms with Gasteiger partial charge in [-0.1, -0.05) is 34.4 Å². The molecule has 6 nitrogen and oxygen atoms in total. The summed E-state index contributed by atoms with van der Waals surface area (Å²) in [5.41, 5.74) is 1.09. The van der Waals surface area contributed by atoms with Crippen molar-refractivity contribution in [3.63, 3.8) is 0 Å². The highest BCUT2D eigenvalue weighted by atomic mass is 35.5. The van der Waals surface area contributed by atoms with Crippen LogP contribution in [0, 0.1) is 0 Å². The lowest BCUT2D eigenvalue weighted by Gasteiger charge is -2.07. The van der Waals surface area contributed by atoms with Gasteiger partial charge in [0.1, 0.15) is 0 Å². The van der Waals surface area contributed by atoms with Gasteiger partial charge in [0.2, 0.25) is 0 Å². The van der Waals surface area contributed by atoms with Gasteiger partial charge in [0.25, 0.3) is 5.91 Å². The number of rotatable bonds is 5. The van der Waals surface area contributed by atoms with Crippen molar-refractivity contribution in [2.75, 3.05) is 19.5 Å². The molecule has 0 bridgehead atoms. The minimum atomic E-state index is -0.490. The Hall–Kier alpha value is -2.70. The molecule has 0 radical (unpaired) electrons. The second kappa shape index (κ2) is 7.68. The Morgan fingerprint density at radius 3 is 2.38 bits per heavy atom. The van der Waals surface area contributed by atoms with Crippen LogP contribution >= 0.6 is 23.2 Å². The van der Waals surface area contributed by atoms with Crippen LogP contribution in [-0.4, -0.2) is 25.3 Å². The summed E-state index contributed by atoms with van der Waals surface area (Å²) in [5.74, 6) is 1.04. The van der Waals surface area contributed by atoms with E-state index in [0.717, 1.165) is 0 Å². The molecule has 0 aliphatic heterocycles. The van der Waals surface area contributed by atoms with Crippen molar-refractivity contribution >= 4 is 34.8 Å². The minimum Gasteiger partial charge on any atom is -0.493 e. The van der Waals surface area contributed by atoms with Crippen molar-refractivity contribution in [3.8, 4) is 22.8 Å². The summed E-state index contributed by atoms with van der Waals surface area (Å²) in [7, 11) is 3.09. The van der Waals surface area contributed by atoms with E-state index >= 15 is 0 Å². The number of ether oxygens (including phenoxy) is 2. The van der Waals surface area contributed by atoms with E-state index in [0.29, 0.717) is 38.6 Å². The van der Waals surface area contributed by atoms with Crippen molar-refractivity contribution in [2.24, 2.45) is 0 Å². The number of carbonyl (C=O) groups excluding carboxylic acids is 1. The summed E-state index contributed by atoms with van der Waals surface area (Å²) >= 11 is 12.1. The van der Waals surface area contributed by atoms with Crippen molar-refractivity contribution < 1.29 is 18.8 Å². The average molecular weight is 393 g/mol. The molecule has 0 saturated carbocycles. The fourth-order valence-corrected chi connectivity index (χ4v) is 2.79. The number of amides is 1. The number of anilines is 1. The number of halogens is 2. The highest BCUT2D eigenvalue weighted by Crippen LogP contribution is 2.33. The Bertz CT molecular complexity index is 936. The van der Waals surface area contributed by atoms with Crippen LogP contribution in [0.4, 0.5) is 5.69 Å². The number of para-hydroxylation sites is 1. The number of nitrogens with zero attached hydrogens (tertiary/aromatic N) is 1. The van der Waals surface area contributed by atoms with Gasteiger partial charge in [0, 0.05) is 11.6 Å². The molecular weight excluding hydrogens is 379 g/mol. The predicted molar refractivity (Wildman–Crippen MR) is 99.5 cm³/mol. The van der Waals surface area contributed by atoms with Crippen molar-refractivity contribution in [3.05, 3.63) is 58.2 Å². The molecule has 0 atom stereocenters. The summed E-state index contributed by atoms with van der Waals surface area (Å²) in [6.07, 6.45) is 0. The van der Waals surface area contributed by atoms with Crippen LogP contribution in [0.3, 0.4) is 0 Å². The molecule has 0 unspecified atom stereocenters.